The van der Waals surface area contributed by atoms with E-state index in [0.29, 0.717) is 19.0 Å². The minimum absolute atomic E-state index is 0.0361. The molecule has 0 unspecified atom stereocenters. The first-order valence-corrected chi connectivity index (χ1v) is 6.02. The Morgan fingerprint density at radius 3 is 2.82 bits per heavy atom. The molecule has 17 heavy (non-hydrogen) atoms. The Balaban J connectivity index is 1.96. The Bertz CT molecular complexity index is 385. The zero-order chi connectivity index (χ0) is 12.3. The van der Waals surface area contributed by atoms with Crippen molar-refractivity contribution < 1.29 is 9.90 Å². The molecule has 1 aromatic rings. The zero-order valence-electron chi connectivity index (χ0n) is 10.1. The second kappa shape index (κ2) is 5.27. The number of aryl methyl sites for hydroxylation is 1. The molecule has 0 atom stereocenters. The Kier molecular flexibility index (Phi) is 3.74. The van der Waals surface area contributed by atoms with E-state index in [9.17, 15) is 4.79 Å². The second-order valence-electron chi connectivity index (χ2n) is 4.53. The minimum Gasteiger partial charge on any atom is -0.395 e. The lowest BCUT2D eigenvalue weighted by atomic mass is 10.2. The summed E-state index contributed by atoms with van der Waals surface area (Å²) in [6, 6.07) is 4.20. The van der Waals surface area contributed by atoms with Gasteiger partial charge in [0.2, 0.25) is 5.91 Å². The van der Waals surface area contributed by atoms with Crippen molar-refractivity contribution in [3.63, 3.8) is 0 Å². The van der Waals surface area contributed by atoms with Gasteiger partial charge in [-0.3, -0.25) is 9.78 Å². The molecular weight excluding hydrogens is 216 g/mol. The van der Waals surface area contributed by atoms with Gasteiger partial charge in [-0.2, -0.15) is 0 Å². The van der Waals surface area contributed by atoms with Gasteiger partial charge in [0.1, 0.15) is 0 Å². The highest BCUT2D eigenvalue weighted by molar-refractivity contribution is 5.79. The molecule has 0 bridgehead atoms. The van der Waals surface area contributed by atoms with Crippen LogP contribution >= 0.6 is 0 Å². The molecule has 1 amide bonds. The van der Waals surface area contributed by atoms with E-state index in [4.69, 9.17) is 5.11 Å². The van der Waals surface area contributed by atoms with Crippen LogP contribution in [0.1, 0.15) is 24.1 Å². The quantitative estimate of drug-likeness (QED) is 0.824. The van der Waals surface area contributed by atoms with Crippen LogP contribution in [0.5, 0.6) is 0 Å². The summed E-state index contributed by atoms with van der Waals surface area (Å²) in [6.07, 6.45) is 4.26. The van der Waals surface area contributed by atoms with E-state index in [-0.39, 0.29) is 12.5 Å². The monoisotopic (exact) mass is 234 g/mol. The Hall–Kier alpha value is -1.42. The van der Waals surface area contributed by atoms with Gasteiger partial charge in [0.15, 0.2) is 0 Å². The largest absolute Gasteiger partial charge is 0.395 e. The minimum atomic E-state index is 0.0361. The van der Waals surface area contributed by atoms with Crippen molar-refractivity contribution in [2.24, 2.45) is 0 Å². The van der Waals surface area contributed by atoms with E-state index in [0.717, 1.165) is 24.1 Å². The number of hydrogen-bond donors (Lipinski definition) is 1. The molecule has 1 aliphatic rings. The predicted octanol–water partition coefficient (Wildman–Crippen LogP) is 0.916. The topological polar surface area (TPSA) is 53.4 Å². The van der Waals surface area contributed by atoms with Gasteiger partial charge < -0.3 is 10.0 Å². The number of carbonyl (C=O) groups excluding carboxylic acids is 1. The maximum absolute atomic E-state index is 12.1. The molecule has 4 heteroatoms. The zero-order valence-corrected chi connectivity index (χ0v) is 10.1. The number of amides is 1. The highest BCUT2D eigenvalue weighted by atomic mass is 16.3. The SMILES string of the molecule is Cc1ccc(CC(=O)N(CCO)C2CC2)cn1. The lowest BCUT2D eigenvalue weighted by Crippen LogP contribution is -2.36. The third kappa shape index (κ3) is 3.27. The molecule has 1 heterocycles. The summed E-state index contributed by atoms with van der Waals surface area (Å²) in [7, 11) is 0. The number of aliphatic hydroxyl groups excluding tert-OH is 1. The van der Waals surface area contributed by atoms with E-state index in [2.05, 4.69) is 4.98 Å². The molecule has 2 rings (SSSR count). The van der Waals surface area contributed by atoms with Crippen LogP contribution in [0, 0.1) is 6.92 Å². The van der Waals surface area contributed by atoms with Crippen LogP contribution in [0.15, 0.2) is 18.3 Å². The van der Waals surface area contributed by atoms with Crippen LogP contribution in [0.3, 0.4) is 0 Å². The van der Waals surface area contributed by atoms with Gasteiger partial charge >= 0.3 is 0 Å². The second-order valence-corrected chi connectivity index (χ2v) is 4.53. The molecule has 0 aliphatic heterocycles. The van der Waals surface area contributed by atoms with Gasteiger partial charge in [-0.15, -0.1) is 0 Å². The first-order chi connectivity index (χ1) is 8.20. The molecule has 1 aliphatic carbocycles. The molecule has 0 saturated heterocycles. The van der Waals surface area contributed by atoms with Crippen molar-refractivity contribution in [2.75, 3.05) is 13.2 Å². The van der Waals surface area contributed by atoms with Gasteiger partial charge in [-0.25, -0.2) is 0 Å². The number of rotatable bonds is 5. The van der Waals surface area contributed by atoms with Gasteiger partial charge in [0, 0.05) is 24.5 Å². The van der Waals surface area contributed by atoms with Gasteiger partial charge in [-0.1, -0.05) is 6.07 Å². The number of carbonyl (C=O) groups is 1. The van der Waals surface area contributed by atoms with Crippen molar-refractivity contribution in [1.29, 1.82) is 0 Å². The average Bonchev–Trinajstić information content (AvgIpc) is 3.13. The molecule has 92 valence electrons. The fourth-order valence-corrected chi connectivity index (χ4v) is 1.88. The first kappa shape index (κ1) is 12.0. The van der Waals surface area contributed by atoms with Crippen LogP contribution in [-0.4, -0.2) is 40.1 Å². The van der Waals surface area contributed by atoms with E-state index in [1.54, 1.807) is 11.1 Å². The number of nitrogens with zero attached hydrogens (tertiary/aromatic N) is 2. The Morgan fingerprint density at radius 1 is 1.53 bits per heavy atom. The average molecular weight is 234 g/mol. The predicted molar refractivity (Wildman–Crippen MR) is 64.5 cm³/mol. The van der Waals surface area contributed by atoms with Crippen molar-refractivity contribution in [1.82, 2.24) is 9.88 Å². The maximum atomic E-state index is 12.1. The van der Waals surface area contributed by atoms with Crippen molar-refractivity contribution >= 4 is 5.91 Å². The molecule has 0 radical (unpaired) electrons. The Morgan fingerprint density at radius 2 is 2.29 bits per heavy atom. The van der Waals surface area contributed by atoms with Crippen LogP contribution in [0.4, 0.5) is 0 Å². The standard InChI is InChI=1S/C13H18N2O2/c1-10-2-3-11(9-14-10)8-13(17)15(6-7-16)12-4-5-12/h2-3,9,12,16H,4-8H2,1H3. The lowest BCUT2D eigenvalue weighted by molar-refractivity contribution is -0.131. The summed E-state index contributed by atoms with van der Waals surface area (Å²) >= 11 is 0. The Labute approximate surface area is 101 Å². The van der Waals surface area contributed by atoms with Crippen molar-refractivity contribution in [3.05, 3.63) is 29.6 Å². The van der Waals surface area contributed by atoms with Crippen molar-refractivity contribution in [2.45, 2.75) is 32.2 Å². The number of pyridine rings is 1. The third-order valence-electron chi connectivity index (χ3n) is 2.98. The third-order valence-corrected chi connectivity index (χ3v) is 2.98. The first-order valence-electron chi connectivity index (χ1n) is 6.02. The number of hydrogen-bond acceptors (Lipinski definition) is 3. The van der Waals surface area contributed by atoms with Gasteiger partial charge in [-0.05, 0) is 31.4 Å². The molecule has 4 nitrogen and oxygen atoms in total. The van der Waals surface area contributed by atoms with E-state index in [1.165, 1.54) is 0 Å². The number of aromatic nitrogens is 1. The van der Waals surface area contributed by atoms with Crippen LogP contribution in [-0.2, 0) is 11.2 Å². The molecule has 1 N–H and O–H groups in total. The number of aliphatic hydroxyl groups is 1. The summed E-state index contributed by atoms with van der Waals surface area (Å²) in [5.74, 6) is 0.0900. The summed E-state index contributed by atoms with van der Waals surface area (Å²) in [5, 5.41) is 8.96. The van der Waals surface area contributed by atoms with Crippen LogP contribution in [0.2, 0.25) is 0 Å². The highest BCUT2D eigenvalue weighted by Gasteiger charge is 2.31. The molecule has 1 saturated carbocycles. The highest BCUT2D eigenvalue weighted by Crippen LogP contribution is 2.27. The normalized spacial score (nSPS) is 14.7. The van der Waals surface area contributed by atoms with Gasteiger partial charge in [0.05, 0.1) is 13.0 Å². The molecule has 1 aromatic heterocycles. The molecule has 1 fully saturated rings. The van der Waals surface area contributed by atoms with Crippen LogP contribution < -0.4 is 0 Å². The van der Waals surface area contributed by atoms with E-state index < -0.39 is 0 Å². The fourth-order valence-electron chi connectivity index (χ4n) is 1.88. The fraction of sp³-hybridized carbons (Fsp3) is 0.538. The summed E-state index contributed by atoms with van der Waals surface area (Å²) in [6.45, 7) is 2.41. The molecular formula is C13H18N2O2. The maximum Gasteiger partial charge on any atom is 0.227 e. The molecule has 0 aromatic carbocycles. The van der Waals surface area contributed by atoms with Crippen LogP contribution in [0.25, 0.3) is 0 Å². The van der Waals surface area contributed by atoms with Crippen molar-refractivity contribution in [3.8, 4) is 0 Å². The smallest absolute Gasteiger partial charge is 0.227 e. The van der Waals surface area contributed by atoms with E-state index in [1.807, 2.05) is 19.1 Å². The van der Waals surface area contributed by atoms with E-state index >= 15 is 0 Å². The molecule has 0 spiro atoms. The lowest BCUT2D eigenvalue weighted by Gasteiger charge is -2.21. The van der Waals surface area contributed by atoms with Gasteiger partial charge in [0.25, 0.3) is 0 Å². The summed E-state index contributed by atoms with van der Waals surface area (Å²) < 4.78 is 0. The summed E-state index contributed by atoms with van der Waals surface area (Å²) in [5.41, 5.74) is 1.89. The summed E-state index contributed by atoms with van der Waals surface area (Å²) in [4.78, 5) is 18.0.